The van der Waals surface area contributed by atoms with E-state index in [0.717, 1.165) is 36.2 Å². The number of nitrogens with zero attached hydrogens (tertiary/aromatic N) is 2. The van der Waals surface area contributed by atoms with E-state index >= 15 is 0 Å². The van der Waals surface area contributed by atoms with Crippen molar-refractivity contribution in [2.45, 2.75) is 25.7 Å². The Morgan fingerprint density at radius 2 is 2.08 bits per heavy atom. The number of rotatable bonds is 4. The highest BCUT2D eigenvalue weighted by Crippen LogP contribution is 2.26. The summed E-state index contributed by atoms with van der Waals surface area (Å²) in [4.78, 5) is 32.9. The van der Waals surface area contributed by atoms with Crippen molar-refractivity contribution in [1.82, 2.24) is 25.5 Å². The standard InChI is InChI=1S/C17H23N5O2/c1-12(23)18-8-9-19-17(24)22-10-4-5-13(11-22)16-20-14-6-2-3-7-15(14)21-16/h2-3,6-7,13H,4-5,8-11H2,1H3,(H,18,23)(H,19,24)(H,20,21)/t13-/m0/s1. The van der Waals surface area contributed by atoms with Crippen molar-refractivity contribution in [3.05, 3.63) is 30.1 Å². The number of carbonyl (C=O) groups is 2. The molecule has 0 aliphatic carbocycles. The van der Waals surface area contributed by atoms with Crippen LogP contribution in [0.2, 0.25) is 0 Å². The Bertz CT molecular complexity index is 694. The lowest BCUT2D eigenvalue weighted by Gasteiger charge is -2.31. The zero-order valence-electron chi connectivity index (χ0n) is 13.8. The second kappa shape index (κ2) is 7.33. The lowest BCUT2D eigenvalue weighted by molar-refractivity contribution is -0.118. The Hall–Kier alpha value is -2.57. The summed E-state index contributed by atoms with van der Waals surface area (Å²) in [5.41, 5.74) is 1.99. The number of benzene rings is 1. The molecule has 24 heavy (non-hydrogen) atoms. The minimum absolute atomic E-state index is 0.0823. The molecule has 2 heterocycles. The number of hydrogen-bond donors (Lipinski definition) is 3. The van der Waals surface area contributed by atoms with E-state index in [2.05, 4.69) is 20.6 Å². The number of urea groups is 1. The molecule has 1 saturated heterocycles. The number of amides is 3. The van der Waals surface area contributed by atoms with Gasteiger partial charge in [0.15, 0.2) is 0 Å². The lowest BCUT2D eigenvalue weighted by atomic mass is 9.98. The van der Waals surface area contributed by atoms with Gasteiger partial charge in [-0.2, -0.15) is 0 Å². The topological polar surface area (TPSA) is 90.1 Å². The van der Waals surface area contributed by atoms with Crippen LogP contribution in [0, 0.1) is 0 Å². The van der Waals surface area contributed by atoms with Crippen LogP contribution in [0.15, 0.2) is 24.3 Å². The van der Waals surface area contributed by atoms with Gasteiger partial charge in [-0.15, -0.1) is 0 Å². The SMILES string of the molecule is CC(=O)NCCNC(=O)N1CCC[C@H](c2nc3ccccc3[nH]2)C1. The molecule has 1 aliphatic rings. The van der Waals surface area contributed by atoms with E-state index in [-0.39, 0.29) is 17.9 Å². The number of likely N-dealkylation sites (tertiary alicyclic amines) is 1. The molecule has 3 rings (SSSR count). The van der Waals surface area contributed by atoms with Gasteiger partial charge in [-0.25, -0.2) is 9.78 Å². The molecule has 0 unspecified atom stereocenters. The number of aromatic amines is 1. The zero-order chi connectivity index (χ0) is 16.9. The minimum atomic E-state index is -0.0906. The molecule has 1 atom stereocenters. The summed E-state index contributed by atoms with van der Waals surface area (Å²) in [5.74, 6) is 1.09. The highest BCUT2D eigenvalue weighted by molar-refractivity contribution is 5.76. The maximum Gasteiger partial charge on any atom is 0.317 e. The molecule has 0 saturated carbocycles. The van der Waals surface area contributed by atoms with Gasteiger partial charge in [-0.05, 0) is 25.0 Å². The van der Waals surface area contributed by atoms with Gasteiger partial charge in [0.25, 0.3) is 0 Å². The third kappa shape index (κ3) is 3.84. The van der Waals surface area contributed by atoms with Crippen molar-refractivity contribution < 1.29 is 9.59 Å². The van der Waals surface area contributed by atoms with E-state index < -0.39 is 0 Å². The zero-order valence-corrected chi connectivity index (χ0v) is 13.8. The molecule has 3 amide bonds. The molecule has 2 aromatic rings. The number of fused-ring (bicyclic) bond motifs is 1. The van der Waals surface area contributed by atoms with Crippen molar-refractivity contribution in [3.8, 4) is 0 Å². The molecule has 1 aromatic heterocycles. The van der Waals surface area contributed by atoms with E-state index in [1.54, 1.807) is 0 Å². The maximum atomic E-state index is 12.3. The number of hydrogen-bond acceptors (Lipinski definition) is 3. The van der Waals surface area contributed by atoms with Gasteiger partial charge < -0.3 is 20.5 Å². The molecule has 128 valence electrons. The molecule has 0 bridgehead atoms. The van der Waals surface area contributed by atoms with E-state index in [9.17, 15) is 9.59 Å². The van der Waals surface area contributed by atoms with E-state index in [1.165, 1.54) is 6.92 Å². The fraction of sp³-hybridized carbons (Fsp3) is 0.471. The Labute approximate surface area is 140 Å². The Morgan fingerprint density at radius 1 is 1.29 bits per heavy atom. The Balaban J connectivity index is 1.57. The summed E-state index contributed by atoms with van der Waals surface area (Å²) in [6.45, 7) is 3.75. The van der Waals surface area contributed by atoms with Gasteiger partial charge in [0, 0.05) is 39.0 Å². The van der Waals surface area contributed by atoms with Crippen LogP contribution in [0.5, 0.6) is 0 Å². The fourth-order valence-corrected chi connectivity index (χ4v) is 3.07. The first-order chi connectivity index (χ1) is 11.6. The van der Waals surface area contributed by atoms with Crippen LogP contribution in [0.3, 0.4) is 0 Å². The van der Waals surface area contributed by atoms with E-state index in [0.29, 0.717) is 19.6 Å². The Kier molecular flexibility index (Phi) is 4.98. The molecule has 1 aliphatic heterocycles. The monoisotopic (exact) mass is 329 g/mol. The summed E-state index contributed by atoms with van der Waals surface area (Å²) in [6.07, 6.45) is 1.98. The third-order valence-electron chi connectivity index (χ3n) is 4.28. The molecule has 7 heteroatoms. The summed E-state index contributed by atoms with van der Waals surface area (Å²) in [5, 5.41) is 5.51. The largest absolute Gasteiger partial charge is 0.355 e. The van der Waals surface area contributed by atoms with Crippen LogP contribution in [-0.4, -0.2) is 53.0 Å². The van der Waals surface area contributed by atoms with Crippen LogP contribution in [-0.2, 0) is 4.79 Å². The number of nitrogens with one attached hydrogen (secondary N) is 3. The third-order valence-corrected chi connectivity index (χ3v) is 4.28. The van der Waals surface area contributed by atoms with Crippen molar-refractivity contribution in [3.63, 3.8) is 0 Å². The van der Waals surface area contributed by atoms with Crippen LogP contribution in [0.1, 0.15) is 31.5 Å². The molecular weight excluding hydrogens is 306 g/mol. The van der Waals surface area contributed by atoms with Crippen LogP contribution in [0.4, 0.5) is 4.79 Å². The smallest absolute Gasteiger partial charge is 0.317 e. The van der Waals surface area contributed by atoms with Crippen molar-refractivity contribution in [1.29, 1.82) is 0 Å². The average molecular weight is 329 g/mol. The van der Waals surface area contributed by atoms with Gasteiger partial charge in [0.2, 0.25) is 5.91 Å². The predicted molar refractivity (Wildman–Crippen MR) is 91.7 cm³/mol. The van der Waals surface area contributed by atoms with Gasteiger partial charge >= 0.3 is 6.03 Å². The van der Waals surface area contributed by atoms with E-state index in [1.807, 2.05) is 29.2 Å². The summed E-state index contributed by atoms with van der Waals surface area (Å²) < 4.78 is 0. The predicted octanol–water partition coefficient (Wildman–Crippen LogP) is 1.59. The van der Waals surface area contributed by atoms with Gasteiger partial charge in [-0.1, -0.05) is 12.1 Å². The van der Waals surface area contributed by atoms with Crippen molar-refractivity contribution >= 4 is 23.0 Å². The maximum absolute atomic E-state index is 12.3. The summed E-state index contributed by atoms with van der Waals surface area (Å²) in [6, 6.07) is 7.88. The first-order valence-corrected chi connectivity index (χ1v) is 8.35. The van der Waals surface area contributed by atoms with E-state index in [4.69, 9.17) is 0 Å². The van der Waals surface area contributed by atoms with Crippen LogP contribution < -0.4 is 10.6 Å². The van der Waals surface area contributed by atoms with Crippen LogP contribution in [0.25, 0.3) is 11.0 Å². The molecule has 1 fully saturated rings. The molecule has 7 nitrogen and oxygen atoms in total. The fourth-order valence-electron chi connectivity index (χ4n) is 3.07. The van der Waals surface area contributed by atoms with Gasteiger partial charge in [-0.3, -0.25) is 4.79 Å². The summed E-state index contributed by atoms with van der Waals surface area (Å²) in [7, 11) is 0. The Morgan fingerprint density at radius 3 is 2.88 bits per heavy atom. The quantitative estimate of drug-likeness (QED) is 0.744. The number of imidazole rings is 1. The normalized spacial score (nSPS) is 17.7. The average Bonchev–Trinajstić information content (AvgIpc) is 3.02. The first kappa shape index (κ1) is 16.3. The second-order valence-electron chi connectivity index (χ2n) is 6.14. The molecule has 1 aromatic carbocycles. The molecule has 3 N–H and O–H groups in total. The van der Waals surface area contributed by atoms with Gasteiger partial charge in [0.05, 0.1) is 11.0 Å². The van der Waals surface area contributed by atoms with Crippen LogP contribution >= 0.6 is 0 Å². The molecular formula is C17H23N5O2. The summed E-state index contributed by atoms with van der Waals surface area (Å²) >= 11 is 0. The van der Waals surface area contributed by atoms with Crippen molar-refractivity contribution in [2.75, 3.05) is 26.2 Å². The number of aromatic nitrogens is 2. The number of H-pyrrole nitrogens is 1. The number of carbonyl (C=O) groups excluding carboxylic acids is 2. The highest BCUT2D eigenvalue weighted by atomic mass is 16.2. The molecule has 0 spiro atoms. The molecule has 0 radical (unpaired) electrons. The lowest BCUT2D eigenvalue weighted by Crippen LogP contribution is -2.46. The number of para-hydroxylation sites is 2. The van der Waals surface area contributed by atoms with Crippen molar-refractivity contribution in [2.24, 2.45) is 0 Å². The first-order valence-electron chi connectivity index (χ1n) is 8.35. The second-order valence-corrected chi connectivity index (χ2v) is 6.14. The van der Waals surface area contributed by atoms with Gasteiger partial charge in [0.1, 0.15) is 5.82 Å². The highest BCUT2D eigenvalue weighted by Gasteiger charge is 2.26. The minimum Gasteiger partial charge on any atom is -0.355 e. The number of piperidine rings is 1.